The van der Waals surface area contributed by atoms with Crippen molar-refractivity contribution in [3.05, 3.63) is 65.2 Å². The monoisotopic (exact) mass is 281 g/mol. The van der Waals surface area contributed by atoms with Crippen LogP contribution in [-0.4, -0.2) is 29.7 Å². The summed E-state index contributed by atoms with van der Waals surface area (Å²) in [4.78, 5) is 37.6. The lowest BCUT2D eigenvalue weighted by atomic mass is 10.1. The molecule has 0 saturated heterocycles. The second-order valence-corrected chi connectivity index (χ2v) is 4.53. The Kier molecular flexibility index (Phi) is 3.02. The number of carbonyl (C=O) groups is 3. The summed E-state index contributed by atoms with van der Waals surface area (Å²) >= 11 is 0. The van der Waals surface area contributed by atoms with Gasteiger partial charge in [0, 0.05) is 5.56 Å². The van der Waals surface area contributed by atoms with Crippen LogP contribution in [0.2, 0.25) is 0 Å². The number of rotatable bonds is 2. The Morgan fingerprint density at radius 2 is 1.57 bits per heavy atom. The Balaban J connectivity index is 2.00. The Bertz CT molecular complexity index is 731. The number of benzene rings is 2. The fourth-order valence-electron chi connectivity index (χ4n) is 2.26. The van der Waals surface area contributed by atoms with Crippen LogP contribution in [0.4, 0.5) is 0 Å². The molecule has 0 aromatic heterocycles. The minimum absolute atomic E-state index is 0.226. The summed E-state index contributed by atoms with van der Waals surface area (Å²) in [5.74, 6) is -1.36. The zero-order valence-electron chi connectivity index (χ0n) is 11.2. The lowest BCUT2D eigenvalue weighted by Crippen LogP contribution is -2.36. The molecule has 3 rings (SSSR count). The van der Waals surface area contributed by atoms with Crippen molar-refractivity contribution in [1.29, 1.82) is 0 Å². The maximum absolute atomic E-state index is 12.4. The highest BCUT2D eigenvalue weighted by atomic mass is 16.5. The molecular formula is C16H11NO4. The van der Waals surface area contributed by atoms with Crippen LogP contribution in [-0.2, 0) is 0 Å². The summed E-state index contributed by atoms with van der Waals surface area (Å²) in [7, 11) is 1.48. The highest BCUT2D eigenvalue weighted by molar-refractivity contribution is 6.31. The quantitative estimate of drug-likeness (QED) is 0.791. The predicted octanol–water partition coefficient (Wildman–Crippen LogP) is 2.13. The molecule has 1 aliphatic heterocycles. The molecule has 0 atom stereocenters. The van der Waals surface area contributed by atoms with E-state index in [9.17, 15) is 14.4 Å². The van der Waals surface area contributed by atoms with Crippen molar-refractivity contribution < 1.29 is 19.1 Å². The van der Waals surface area contributed by atoms with Gasteiger partial charge in [0.15, 0.2) is 0 Å². The Hall–Kier alpha value is -2.95. The van der Waals surface area contributed by atoms with Crippen molar-refractivity contribution in [1.82, 2.24) is 4.90 Å². The third-order valence-electron chi connectivity index (χ3n) is 3.31. The lowest BCUT2D eigenvalue weighted by molar-refractivity contribution is 0.0566. The fraction of sp³-hybridized carbons (Fsp3) is 0.0625. The topological polar surface area (TPSA) is 63.7 Å². The number of carbonyl (C=O) groups excluding carboxylic acids is 3. The van der Waals surface area contributed by atoms with E-state index < -0.39 is 17.7 Å². The molecule has 1 heterocycles. The van der Waals surface area contributed by atoms with Gasteiger partial charge >= 0.3 is 0 Å². The maximum Gasteiger partial charge on any atom is 0.268 e. The number of methoxy groups -OCH3 is 1. The van der Waals surface area contributed by atoms with Gasteiger partial charge in [0.2, 0.25) is 0 Å². The summed E-state index contributed by atoms with van der Waals surface area (Å²) in [6.07, 6.45) is 0. The molecule has 0 N–H and O–H groups in total. The summed E-state index contributed by atoms with van der Waals surface area (Å²) in [6, 6.07) is 12.7. The van der Waals surface area contributed by atoms with Crippen LogP contribution in [0.5, 0.6) is 5.75 Å². The van der Waals surface area contributed by atoms with Gasteiger partial charge < -0.3 is 4.74 Å². The number of nitrogens with zero attached hydrogens (tertiary/aromatic N) is 1. The van der Waals surface area contributed by atoms with Gasteiger partial charge in [-0.2, -0.15) is 0 Å². The summed E-state index contributed by atoms with van der Waals surface area (Å²) in [5.41, 5.74) is 0.723. The first-order valence-corrected chi connectivity index (χ1v) is 6.29. The average molecular weight is 281 g/mol. The summed E-state index contributed by atoms with van der Waals surface area (Å²) in [5, 5.41) is 0. The van der Waals surface area contributed by atoms with E-state index in [1.807, 2.05) is 0 Å². The smallest absolute Gasteiger partial charge is 0.268 e. The van der Waals surface area contributed by atoms with Gasteiger partial charge in [0.25, 0.3) is 17.7 Å². The Labute approximate surface area is 120 Å². The molecule has 2 aromatic rings. The van der Waals surface area contributed by atoms with Crippen LogP contribution in [0.25, 0.3) is 0 Å². The SMILES string of the molecule is COc1cccc(C(=O)N2C(=O)c3ccccc3C2=O)c1. The molecule has 0 saturated carbocycles. The molecule has 0 aliphatic carbocycles. The fourth-order valence-corrected chi connectivity index (χ4v) is 2.26. The number of hydrogen-bond acceptors (Lipinski definition) is 4. The Morgan fingerprint density at radius 3 is 2.14 bits per heavy atom. The van der Waals surface area contributed by atoms with Gasteiger partial charge in [-0.1, -0.05) is 18.2 Å². The van der Waals surface area contributed by atoms with Crippen LogP contribution < -0.4 is 4.74 Å². The number of imide groups is 3. The van der Waals surface area contributed by atoms with Crippen LogP contribution in [0.15, 0.2) is 48.5 Å². The van der Waals surface area contributed by atoms with Crippen molar-refractivity contribution in [2.24, 2.45) is 0 Å². The molecule has 0 radical (unpaired) electrons. The minimum atomic E-state index is -0.653. The minimum Gasteiger partial charge on any atom is -0.497 e. The van der Waals surface area contributed by atoms with E-state index in [2.05, 4.69) is 0 Å². The molecular weight excluding hydrogens is 270 g/mol. The van der Waals surface area contributed by atoms with Crippen LogP contribution in [0.3, 0.4) is 0 Å². The van der Waals surface area contributed by atoms with Gasteiger partial charge in [-0.15, -0.1) is 0 Å². The third-order valence-corrected chi connectivity index (χ3v) is 3.31. The zero-order chi connectivity index (χ0) is 15.0. The molecule has 104 valence electrons. The van der Waals surface area contributed by atoms with E-state index in [1.54, 1.807) is 24.3 Å². The first-order chi connectivity index (χ1) is 10.1. The molecule has 3 amide bonds. The van der Waals surface area contributed by atoms with Crippen LogP contribution in [0.1, 0.15) is 31.1 Å². The summed E-state index contributed by atoms with van der Waals surface area (Å²) in [6.45, 7) is 0. The number of hydrogen-bond donors (Lipinski definition) is 0. The zero-order valence-corrected chi connectivity index (χ0v) is 11.2. The number of amides is 3. The van der Waals surface area contributed by atoms with Crippen LogP contribution >= 0.6 is 0 Å². The first kappa shape index (κ1) is 13.1. The molecule has 2 aromatic carbocycles. The average Bonchev–Trinajstić information content (AvgIpc) is 2.79. The number of ether oxygens (including phenoxy) is 1. The molecule has 5 nitrogen and oxygen atoms in total. The van der Waals surface area contributed by atoms with Crippen molar-refractivity contribution in [2.45, 2.75) is 0 Å². The highest BCUT2D eigenvalue weighted by Gasteiger charge is 2.39. The van der Waals surface area contributed by atoms with Gasteiger partial charge in [0.1, 0.15) is 5.75 Å². The third kappa shape index (κ3) is 1.99. The van der Waals surface area contributed by atoms with Gasteiger partial charge in [0.05, 0.1) is 18.2 Å². The van der Waals surface area contributed by atoms with Crippen molar-refractivity contribution in [2.75, 3.05) is 7.11 Å². The van der Waals surface area contributed by atoms with Crippen LogP contribution in [0, 0.1) is 0 Å². The Morgan fingerprint density at radius 1 is 0.952 bits per heavy atom. The van der Waals surface area contributed by atoms with E-state index in [0.29, 0.717) is 10.6 Å². The molecule has 1 aliphatic rings. The summed E-state index contributed by atoms with van der Waals surface area (Å²) < 4.78 is 5.04. The molecule has 0 fully saturated rings. The molecule has 5 heteroatoms. The first-order valence-electron chi connectivity index (χ1n) is 6.29. The highest BCUT2D eigenvalue weighted by Crippen LogP contribution is 2.25. The van der Waals surface area contributed by atoms with E-state index in [4.69, 9.17) is 4.74 Å². The lowest BCUT2D eigenvalue weighted by Gasteiger charge is -2.12. The van der Waals surface area contributed by atoms with E-state index in [0.717, 1.165) is 0 Å². The van der Waals surface area contributed by atoms with Crippen molar-refractivity contribution in [3.8, 4) is 5.75 Å². The van der Waals surface area contributed by atoms with E-state index >= 15 is 0 Å². The standard InChI is InChI=1S/C16H11NO4/c1-21-11-6-4-5-10(9-11)14(18)17-15(19)12-7-2-3-8-13(12)16(17)20/h2-9H,1H3. The van der Waals surface area contributed by atoms with Gasteiger partial charge in [-0.3, -0.25) is 14.4 Å². The molecule has 0 spiro atoms. The van der Waals surface area contributed by atoms with Gasteiger partial charge in [-0.05, 0) is 30.3 Å². The van der Waals surface area contributed by atoms with E-state index in [-0.39, 0.29) is 16.7 Å². The largest absolute Gasteiger partial charge is 0.497 e. The molecule has 21 heavy (non-hydrogen) atoms. The second kappa shape index (κ2) is 4.86. The van der Waals surface area contributed by atoms with Crippen molar-refractivity contribution >= 4 is 17.7 Å². The second-order valence-electron chi connectivity index (χ2n) is 4.53. The molecule has 0 unspecified atom stereocenters. The normalized spacial score (nSPS) is 13.3. The molecule has 0 bridgehead atoms. The van der Waals surface area contributed by atoms with E-state index in [1.165, 1.54) is 31.4 Å². The van der Waals surface area contributed by atoms with Crippen molar-refractivity contribution in [3.63, 3.8) is 0 Å². The van der Waals surface area contributed by atoms with Gasteiger partial charge in [-0.25, -0.2) is 4.90 Å². The maximum atomic E-state index is 12.4. The number of fused-ring (bicyclic) bond motifs is 1. The predicted molar refractivity (Wildman–Crippen MR) is 74.3 cm³/mol.